The van der Waals surface area contributed by atoms with Gasteiger partial charge in [0.2, 0.25) is 0 Å². The molecule has 0 saturated carbocycles. The zero-order valence-electron chi connectivity index (χ0n) is 9.61. The van der Waals surface area contributed by atoms with Gasteiger partial charge in [-0.25, -0.2) is 0 Å². The van der Waals surface area contributed by atoms with Crippen molar-refractivity contribution in [2.45, 2.75) is 6.04 Å². The van der Waals surface area contributed by atoms with Gasteiger partial charge in [0, 0.05) is 0 Å². The van der Waals surface area contributed by atoms with Crippen LogP contribution in [0.25, 0.3) is 0 Å². The lowest BCUT2D eigenvalue weighted by Gasteiger charge is -2.09. The first-order valence-electron chi connectivity index (χ1n) is 5.48. The van der Waals surface area contributed by atoms with Gasteiger partial charge >= 0.3 is 5.97 Å². The monoisotopic (exact) mass is 243 g/mol. The van der Waals surface area contributed by atoms with E-state index in [2.05, 4.69) is 0 Å². The van der Waals surface area contributed by atoms with Crippen molar-refractivity contribution in [2.24, 2.45) is 5.73 Å². The molecular formula is C14H13NO3. The van der Waals surface area contributed by atoms with Crippen LogP contribution in [0.15, 0.2) is 54.6 Å². The maximum absolute atomic E-state index is 10.7. The number of carboxylic acid groups (broad SMARTS) is 1. The second kappa shape index (κ2) is 5.33. The minimum Gasteiger partial charge on any atom is -0.480 e. The number of nitrogens with two attached hydrogens (primary N) is 1. The summed E-state index contributed by atoms with van der Waals surface area (Å²) in [4.78, 5) is 10.7. The van der Waals surface area contributed by atoms with Crippen molar-refractivity contribution in [3.05, 3.63) is 60.2 Å². The van der Waals surface area contributed by atoms with E-state index in [1.54, 1.807) is 24.3 Å². The third-order valence-corrected chi connectivity index (χ3v) is 2.48. The molecule has 2 aromatic rings. The topological polar surface area (TPSA) is 72.6 Å². The first-order chi connectivity index (χ1) is 8.66. The van der Waals surface area contributed by atoms with E-state index >= 15 is 0 Å². The summed E-state index contributed by atoms with van der Waals surface area (Å²) in [6.07, 6.45) is 0. The number of rotatable bonds is 4. The summed E-state index contributed by atoms with van der Waals surface area (Å²) in [6, 6.07) is 15.0. The van der Waals surface area contributed by atoms with Gasteiger partial charge in [0.25, 0.3) is 0 Å². The first-order valence-corrected chi connectivity index (χ1v) is 5.48. The van der Waals surface area contributed by atoms with Gasteiger partial charge < -0.3 is 15.6 Å². The summed E-state index contributed by atoms with van der Waals surface area (Å²) in [5, 5.41) is 8.78. The molecule has 0 heterocycles. The summed E-state index contributed by atoms with van der Waals surface area (Å²) in [5.74, 6) is 0.321. The minimum absolute atomic E-state index is 0.544. The summed E-state index contributed by atoms with van der Waals surface area (Å²) in [5.41, 5.74) is 6.04. The number of hydrogen-bond acceptors (Lipinski definition) is 3. The molecule has 2 aromatic carbocycles. The van der Waals surface area contributed by atoms with Crippen molar-refractivity contribution in [2.75, 3.05) is 0 Å². The van der Waals surface area contributed by atoms with Crippen LogP contribution in [0.5, 0.6) is 11.5 Å². The number of hydrogen-bond donors (Lipinski definition) is 2. The molecule has 3 N–H and O–H groups in total. The second-order valence-corrected chi connectivity index (χ2v) is 3.80. The van der Waals surface area contributed by atoms with E-state index in [0.29, 0.717) is 11.3 Å². The average Bonchev–Trinajstić information content (AvgIpc) is 2.40. The van der Waals surface area contributed by atoms with Crippen LogP contribution in [-0.2, 0) is 4.79 Å². The smallest absolute Gasteiger partial charge is 0.325 e. The van der Waals surface area contributed by atoms with E-state index in [4.69, 9.17) is 15.6 Å². The SMILES string of the molecule is N[C@@H](C(=O)O)c1ccc(Oc2ccccc2)cc1. The van der Waals surface area contributed by atoms with E-state index in [-0.39, 0.29) is 0 Å². The van der Waals surface area contributed by atoms with Crippen molar-refractivity contribution in [1.29, 1.82) is 0 Å². The van der Waals surface area contributed by atoms with Crippen LogP contribution in [0.1, 0.15) is 11.6 Å². The average molecular weight is 243 g/mol. The molecule has 4 heteroatoms. The Morgan fingerprint density at radius 1 is 1.00 bits per heavy atom. The fraction of sp³-hybridized carbons (Fsp3) is 0.0714. The Hall–Kier alpha value is -2.33. The van der Waals surface area contributed by atoms with E-state index in [1.165, 1.54) is 0 Å². The number of aliphatic carboxylic acids is 1. The van der Waals surface area contributed by atoms with Gasteiger partial charge in [-0.1, -0.05) is 30.3 Å². The Balaban J connectivity index is 2.11. The Labute approximate surface area is 105 Å². The third kappa shape index (κ3) is 2.87. The van der Waals surface area contributed by atoms with Crippen LogP contribution in [0.2, 0.25) is 0 Å². The lowest BCUT2D eigenvalue weighted by molar-refractivity contribution is -0.138. The summed E-state index contributed by atoms with van der Waals surface area (Å²) in [7, 11) is 0. The van der Waals surface area contributed by atoms with Crippen LogP contribution < -0.4 is 10.5 Å². The quantitative estimate of drug-likeness (QED) is 0.865. The second-order valence-electron chi connectivity index (χ2n) is 3.80. The molecule has 2 rings (SSSR count). The lowest BCUT2D eigenvalue weighted by Crippen LogP contribution is -2.20. The Morgan fingerprint density at radius 2 is 1.56 bits per heavy atom. The van der Waals surface area contributed by atoms with Gasteiger partial charge in [-0.2, -0.15) is 0 Å². The molecule has 0 amide bonds. The lowest BCUT2D eigenvalue weighted by atomic mass is 10.1. The molecule has 92 valence electrons. The van der Waals surface area contributed by atoms with Gasteiger partial charge in [-0.15, -0.1) is 0 Å². The first kappa shape index (κ1) is 12.1. The van der Waals surface area contributed by atoms with E-state index in [1.807, 2.05) is 30.3 Å². The van der Waals surface area contributed by atoms with E-state index in [9.17, 15) is 4.79 Å². The van der Waals surface area contributed by atoms with Crippen LogP contribution in [0.4, 0.5) is 0 Å². The number of carbonyl (C=O) groups is 1. The molecular weight excluding hydrogens is 230 g/mol. The number of benzene rings is 2. The molecule has 0 saturated heterocycles. The fourth-order valence-electron chi connectivity index (χ4n) is 1.51. The minimum atomic E-state index is -1.05. The molecule has 0 aromatic heterocycles. The zero-order valence-corrected chi connectivity index (χ0v) is 9.61. The number of para-hydroxylation sites is 1. The van der Waals surface area contributed by atoms with Crippen LogP contribution in [0.3, 0.4) is 0 Å². The molecule has 0 spiro atoms. The Morgan fingerprint density at radius 3 is 2.11 bits per heavy atom. The maximum atomic E-state index is 10.7. The normalized spacial score (nSPS) is 11.8. The summed E-state index contributed by atoms with van der Waals surface area (Å²) in [6.45, 7) is 0. The highest BCUT2D eigenvalue weighted by molar-refractivity contribution is 5.75. The van der Waals surface area contributed by atoms with Crippen molar-refractivity contribution in [1.82, 2.24) is 0 Å². The predicted octanol–water partition coefficient (Wildman–Crippen LogP) is 2.56. The molecule has 0 fully saturated rings. The third-order valence-electron chi connectivity index (χ3n) is 2.48. The molecule has 1 atom stereocenters. The van der Waals surface area contributed by atoms with Crippen molar-refractivity contribution < 1.29 is 14.6 Å². The predicted molar refractivity (Wildman–Crippen MR) is 67.5 cm³/mol. The molecule has 4 nitrogen and oxygen atoms in total. The van der Waals surface area contributed by atoms with Gasteiger partial charge in [0.05, 0.1) is 0 Å². The molecule has 0 radical (unpaired) electrons. The van der Waals surface area contributed by atoms with Gasteiger partial charge in [-0.3, -0.25) is 4.79 Å². The molecule has 18 heavy (non-hydrogen) atoms. The van der Waals surface area contributed by atoms with Crippen LogP contribution >= 0.6 is 0 Å². The van der Waals surface area contributed by atoms with Gasteiger partial charge in [-0.05, 0) is 29.8 Å². The molecule has 0 aliphatic heterocycles. The highest BCUT2D eigenvalue weighted by Gasteiger charge is 2.13. The van der Waals surface area contributed by atoms with Crippen LogP contribution in [0, 0.1) is 0 Å². The molecule has 0 bridgehead atoms. The van der Waals surface area contributed by atoms with E-state index in [0.717, 1.165) is 5.75 Å². The highest BCUT2D eigenvalue weighted by atomic mass is 16.5. The maximum Gasteiger partial charge on any atom is 0.325 e. The van der Waals surface area contributed by atoms with Crippen molar-refractivity contribution in [3.63, 3.8) is 0 Å². The van der Waals surface area contributed by atoms with E-state index < -0.39 is 12.0 Å². The summed E-state index contributed by atoms with van der Waals surface area (Å²) < 4.78 is 5.59. The molecule has 0 aliphatic rings. The Kier molecular flexibility index (Phi) is 3.60. The zero-order chi connectivity index (χ0) is 13.0. The molecule has 0 aliphatic carbocycles. The molecule has 0 unspecified atom stereocenters. The highest BCUT2D eigenvalue weighted by Crippen LogP contribution is 2.22. The number of ether oxygens (including phenoxy) is 1. The number of carboxylic acids is 1. The van der Waals surface area contributed by atoms with Crippen molar-refractivity contribution in [3.8, 4) is 11.5 Å². The van der Waals surface area contributed by atoms with Crippen LogP contribution in [-0.4, -0.2) is 11.1 Å². The largest absolute Gasteiger partial charge is 0.480 e. The van der Waals surface area contributed by atoms with Gasteiger partial charge in [0.15, 0.2) is 0 Å². The van der Waals surface area contributed by atoms with Gasteiger partial charge in [0.1, 0.15) is 17.5 Å². The standard InChI is InChI=1S/C14H13NO3/c15-13(14(16)17)10-6-8-12(9-7-10)18-11-4-2-1-3-5-11/h1-9,13H,15H2,(H,16,17)/t13-/m1/s1. The fourth-order valence-corrected chi connectivity index (χ4v) is 1.51. The Bertz CT molecular complexity index is 522. The summed E-state index contributed by atoms with van der Waals surface area (Å²) >= 11 is 0. The van der Waals surface area contributed by atoms with Crippen molar-refractivity contribution >= 4 is 5.97 Å².